The van der Waals surface area contributed by atoms with Gasteiger partial charge in [0.2, 0.25) is 0 Å². The molecule has 0 aliphatic carbocycles. The van der Waals surface area contributed by atoms with Crippen molar-refractivity contribution in [2.75, 3.05) is 0 Å². The number of carboxylic acids is 1. The highest BCUT2D eigenvalue weighted by Gasteiger charge is 2.23. The van der Waals surface area contributed by atoms with Gasteiger partial charge in [0, 0.05) is 17.4 Å². The number of hydrogen-bond acceptors (Lipinski definition) is 5. The predicted molar refractivity (Wildman–Crippen MR) is 87.7 cm³/mol. The Balaban J connectivity index is 0.00000288. The van der Waals surface area contributed by atoms with Crippen molar-refractivity contribution in [3.8, 4) is 0 Å². The molecule has 3 N–H and O–H groups in total. The summed E-state index contributed by atoms with van der Waals surface area (Å²) in [5.41, 5.74) is 6.13. The number of nitrogens with two attached hydrogens (primary N) is 1. The summed E-state index contributed by atoms with van der Waals surface area (Å²) >= 11 is 0. The van der Waals surface area contributed by atoms with Gasteiger partial charge in [-0.1, -0.05) is 42.5 Å². The van der Waals surface area contributed by atoms with E-state index in [4.69, 9.17) is 15.6 Å². The molecule has 0 fully saturated rings. The largest absolute Gasteiger partial charge is 0.478 e. The fourth-order valence-electron chi connectivity index (χ4n) is 2.02. The first-order chi connectivity index (χ1) is 11.0. The number of carbonyl (C=O) groups is 3. The number of hydrogen-bond donors (Lipinski definition) is 2. The molecule has 3 radical (unpaired) electrons. The first-order valence-electron chi connectivity index (χ1n) is 6.87. The van der Waals surface area contributed by atoms with E-state index >= 15 is 0 Å². The SMILES string of the molecule is N[C@@H](Cc1ccccc1)C(=O)OC(=O)c1ccccc1C(=O)O.[Al]. The van der Waals surface area contributed by atoms with Crippen molar-refractivity contribution < 1.29 is 24.2 Å². The van der Waals surface area contributed by atoms with Crippen LogP contribution >= 0.6 is 0 Å². The zero-order valence-corrected chi connectivity index (χ0v) is 13.9. The average Bonchev–Trinajstić information content (AvgIpc) is 2.55. The second-order valence-corrected chi connectivity index (χ2v) is 4.86. The molecule has 0 amide bonds. The van der Waals surface area contributed by atoms with E-state index in [0.717, 1.165) is 5.56 Å². The van der Waals surface area contributed by atoms with Gasteiger partial charge >= 0.3 is 17.9 Å². The Morgan fingerprint density at radius 3 is 2.08 bits per heavy atom. The topological polar surface area (TPSA) is 107 Å². The van der Waals surface area contributed by atoms with Gasteiger partial charge in [0.05, 0.1) is 11.1 Å². The minimum Gasteiger partial charge on any atom is -0.478 e. The smallest absolute Gasteiger partial charge is 0.346 e. The summed E-state index contributed by atoms with van der Waals surface area (Å²) in [5, 5.41) is 9.04. The van der Waals surface area contributed by atoms with E-state index in [9.17, 15) is 14.4 Å². The fraction of sp³-hybridized carbons (Fsp3) is 0.118. The van der Waals surface area contributed by atoms with Crippen LogP contribution in [0.2, 0.25) is 0 Å². The standard InChI is InChI=1S/C17H15NO5.Al/c18-14(10-11-6-2-1-3-7-11)17(22)23-16(21)13-9-5-4-8-12(13)15(19)20;/h1-9,14H,10,18H2,(H,19,20);/t14-;/m0./s1. The van der Waals surface area contributed by atoms with Crippen LogP contribution in [0.1, 0.15) is 26.3 Å². The van der Waals surface area contributed by atoms with E-state index < -0.39 is 23.9 Å². The molecule has 0 saturated carbocycles. The summed E-state index contributed by atoms with van der Waals surface area (Å²) < 4.78 is 4.70. The Morgan fingerprint density at radius 2 is 1.50 bits per heavy atom. The van der Waals surface area contributed by atoms with E-state index in [1.807, 2.05) is 18.2 Å². The maximum Gasteiger partial charge on any atom is 0.346 e. The predicted octanol–water partition coefficient (Wildman–Crippen LogP) is 1.26. The number of rotatable bonds is 5. The van der Waals surface area contributed by atoms with Crippen LogP contribution in [0.3, 0.4) is 0 Å². The van der Waals surface area contributed by atoms with Crippen LogP contribution in [0.25, 0.3) is 0 Å². The first kappa shape index (κ1) is 19.6. The number of benzene rings is 2. The van der Waals surface area contributed by atoms with E-state index in [-0.39, 0.29) is 34.9 Å². The Hall–Kier alpha value is -2.46. The van der Waals surface area contributed by atoms with Crippen LogP contribution in [0.5, 0.6) is 0 Å². The average molecular weight is 340 g/mol. The molecule has 0 aliphatic heterocycles. The number of carbonyl (C=O) groups excluding carboxylic acids is 2. The number of ether oxygens (including phenoxy) is 1. The van der Waals surface area contributed by atoms with E-state index in [0.29, 0.717) is 0 Å². The summed E-state index contributed by atoms with van der Waals surface area (Å²) in [6.07, 6.45) is 0.216. The van der Waals surface area contributed by atoms with Crippen molar-refractivity contribution in [2.45, 2.75) is 12.5 Å². The summed E-state index contributed by atoms with van der Waals surface area (Å²) in [6.45, 7) is 0. The van der Waals surface area contributed by atoms with Crippen molar-refractivity contribution in [3.63, 3.8) is 0 Å². The van der Waals surface area contributed by atoms with E-state index in [2.05, 4.69) is 0 Å². The lowest BCUT2D eigenvalue weighted by atomic mass is 10.1. The molecular formula is C17H15AlNO5. The van der Waals surface area contributed by atoms with Crippen molar-refractivity contribution in [2.24, 2.45) is 5.73 Å². The number of esters is 2. The molecular weight excluding hydrogens is 325 g/mol. The van der Waals surface area contributed by atoms with Gasteiger partial charge in [-0.3, -0.25) is 0 Å². The van der Waals surface area contributed by atoms with Gasteiger partial charge in [-0.2, -0.15) is 0 Å². The summed E-state index contributed by atoms with van der Waals surface area (Å²) in [6, 6.07) is 13.5. The van der Waals surface area contributed by atoms with Gasteiger partial charge in [-0.05, 0) is 24.1 Å². The quantitative estimate of drug-likeness (QED) is 0.482. The summed E-state index contributed by atoms with van der Waals surface area (Å²) in [4.78, 5) is 34.9. The third-order valence-corrected chi connectivity index (χ3v) is 3.17. The highest BCUT2D eigenvalue weighted by Crippen LogP contribution is 2.11. The molecule has 2 aromatic rings. The molecule has 6 nitrogen and oxygen atoms in total. The maximum absolute atomic E-state index is 12.0. The second kappa shape index (κ2) is 8.99. The van der Waals surface area contributed by atoms with Crippen LogP contribution in [0.4, 0.5) is 0 Å². The van der Waals surface area contributed by atoms with Crippen molar-refractivity contribution in [3.05, 3.63) is 71.3 Å². The molecule has 0 unspecified atom stereocenters. The Morgan fingerprint density at radius 1 is 0.958 bits per heavy atom. The van der Waals surface area contributed by atoms with Gasteiger partial charge < -0.3 is 15.6 Å². The van der Waals surface area contributed by atoms with Crippen molar-refractivity contribution in [1.29, 1.82) is 0 Å². The van der Waals surface area contributed by atoms with Gasteiger partial charge in [0.25, 0.3) is 0 Å². The van der Waals surface area contributed by atoms with Gasteiger partial charge in [-0.15, -0.1) is 0 Å². The van der Waals surface area contributed by atoms with E-state index in [1.54, 1.807) is 12.1 Å². The third-order valence-electron chi connectivity index (χ3n) is 3.17. The van der Waals surface area contributed by atoms with Crippen LogP contribution in [-0.4, -0.2) is 46.4 Å². The van der Waals surface area contributed by atoms with Gasteiger partial charge in [0.15, 0.2) is 0 Å². The molecule has 2 rings (SSSR count). The molecule has 0 aliphatic rings. The zero-order chi connectivity index (χ0) is 16.8. The van der Waals surface area contributed by atoms with Crippen LogP contribution in [-0.2, 0) is 16.0 Å². The first-order valence-corrected chi connectivity index (χ1v) is 6.87. The van der Waals surface area contributed by atoms with Crippen LogP contribution < -0.4 is 5.73 Å². The molecule has 0 aromatic heterocycles. The molecule has 0 saturated heterocycles. The van der Waals surface area contributed by atoms with Crippen molar-refractivity contribution >= 4 is 35.3 Å². The lowest BCUT2D eigenvalue weighted by molar-refractivity contribution is -0.139. The van der Waals surface area contributed by atoms with Crippen LogP contribution in [0.15, 0.2) is 54.6 Å². The fourth-order valence-corrected chi connectivity index (χ4v) is 2.02. The highest BCUT2D eigenvalue weighted by atomic mass is 27.0. The minimum absolute atomic E-state index is 0. The van der Waals surface area contributed by atoms with Crippen molar-refractivity contribution in [1.82, 2.24) is 0 Å². The van der Waals surface area contributed by atoms with Crippen LogP contribution in [0, 0.1) is 0 Å². The van der Waals surface area contributed by atoms with Gasteiger partial charge in [-0.25, -0.2) is 14.4 Å². The molecule has 2 aromatic carbocycles. The molecule has 0 spiro atoms. The molecule has 0 heterocycles. The molecule has 0 bridgehead atoms. The Kier molecular flexibility index (Phi) is 7.34. The summed E-state index contributed by atoms with van der Waals surface area (Å²) in [5.74, 6) is -3.21. The number of carboxylic acid groups (broad SMARTS) is 1. The number of aromatic carboxylic acids is 1. The zero-order valence-electron chi connectivity index (χ0n) is 12.7. The highest BCUT2D eigenvalue weighted by molar-refractivity contribution is 6.05. The third kappa shape index (κ3) is 5.03. The lowest BCUT2D eigenvalue weighted by Gasteiger charge is -2.11. The monoisotopic (exact) mass is 340 g/mol. The minimum atomic E-state index is -1.28. The normalized spacial score (nSPS) is 11.0. The van der Waals surface area contributed by atoms with Gasteiger partial charge in [0.1, 0.15) is 6.04 Å². The lowest BCUT2D eigenvalue weighted by Crippen LogP contribution is -2.36. The molecule has 121 valence electrons. The Labute approximate surface area is 149 Å². The molecule has 24 heavy (non-hydrogen) atoms. The molecule has 1 atom stereocenters. The second-order valence-electron chi connectivity index (χ2n) is 4.86. The van der Waals surface area contributed by atoms with E-state index in [1.165, 1.54) is 24.3 Å². The summed E-state index contributed by atoms with van der Waals surface area (Å²) in [7, 11) is 0. The Bertz CT molecular complexity index is 733. The molecule has 7 heteroatoms. The maximum atomic E-state index is 12.0.